The molecule has 4 rings (SSSR count). The summed E-state index contributed by atoms with van der Waals surface area (Å²) in [5.41, 5.74) is 1.26. The fourth-order valence-corrected chi connectivity index (χ4v) is 4.46. The number of benzene rings is 2. The molecule has 2 fully saturated rings. The van der Waals surface area contributed by atoms with Crippen LogP contribution in [0.5, 0.6) is 0 Å². The van der Waals surface area contributed by atoms with Gasteiger partial charge in [-0.15, -0.1) is 0 Å². The number of hydrogen-bond acceptors (Lipinski definition) is 4. The topological polar surface area (TPSA) is 73.0 Å². The van der Waals surface area contributed by atoms with Crippen molar-refractivity contribution in [1.82, 2.24) is 15.1 Å². The monoisotopic (exact) mass is 474 g/mol. The van der Waals surface area contributed by atoms with Crippen molar-refractivity contribution in [2.75, 3.05) is 44.2 Å². The second-order valence-electron chi connectivity index (χ2n) is 7.95. The van der Waals surface area contributed by atoms with Crippen molar-refractivity contribution in [3.63, 3.8) is 0 Å². The van der Waals surface area contributed by atoms with Gasteiger partial charge < -0.3 is 15.1 Å². The number of rotatable bonds is 5. The molecule has 2 aliphatic heterocycles. The van der Waals surface area contributed by atoms with Crippen molar-refractivity contribution in [2.24, 2.45) is 0 Å². The van der Waals surface area contributed by atoms with E-state index in [1.54, 1.807) is 17.0 Å². The number of para-hydroxylation sites is 1. The van der Waals surface area contributed by atoms with Crippen LogP contribution >= 0.6 is 23.2 Å². The highest BCUT2D eigenvalue weighted by Crippen LogP contribution is 2.23. The fraction of sp³-hybridized carbons (Fsp3) is 0.348. The van der Waals surface area contributed by atoms with Crippen LogP contribution < -0.4 is 10.2 Å². The lowest BCUT2D eigenvalue weighted by Crippen LogP contribution is -2.54. The van der Waals surface area contributed by atoms with Gasteiger partial charge in [-0.05, 0) is 36.8 Å². The third-order valence-electron chi connectivity index (χ3n) is 5.93. The van der Waals surface area contributed by atoms with Crippen LogP contribution in [-0.4, -0.2) is 72.8 Å². The van der Waals surface area contributed by atoms with Crippen LogP contribution in [0.3, 0.4) is 0 Å². The van der Waals surface area contributed by atoms with E-state index in [9.17, 15) is 14.4 Å². The maximum atomic E-state index is 12.7. The highest BCUT2D eigenvalue weighted by atomic mass is 35.5. The molecule has 2 aromatic carbocycles. The number of nitrogens with one attached hydrogen (secondary N) is 1. The van der Waals surface area contributed by atoms with Crippen LogP contribution in [0.25, 0.3) is 0 Å². The molecule has 0 bridgehead atoms. The standard InChI is InChI=1S/C23H24Cl2N4O3/c24-19-7-6-16(12-20(19)25)23(32)26-13-21(30)28-9-8-18(14-28)27-10-11-29(22(31)15-27)17-4-2-1-3-5-17/h1-7,12,18H,8-11,13-15H2,(H,26,32). The first-order valence-corrected chi connectivity index (χ1v) is 11.3. The zero-order valence-corrected chi connectivity index (χ0v) is 19.0. The molecule has 168 valence electrons. The molecule has 1 atom stereocenters. The highest BCUT2D eigenvalue weighted by Gasteiger charge is 2.34. The van der Waals surface area contributed by atoms with E-state index in [1.807, 2.05) is 35.2 Å². The molecular formula is C23H24Cl2N4O3. The van der Waals surface area contributed by atoms with Gasteiger partial charge in [0.2, 0.25) is 11.8 Å². The van der Waals surface area contributed by atoms with Gasteiger partial charge in [0.1, 0.15) is 0 Å². The second kappa shape index (κ2) is 9.90. The molecule has 2 heterocycles. The molecule has 0 saturated carbocycles. The Balaban J connectivity index is 1.26. The van der Waals surface area contributed by atoms with E-state index in [1.165, 1.54) is 6.07 Å². The summed E-state index contributed by atoms with van der Waals surface area (Å²) < 4.78 is 0. The predicted molar refractivity (Wildman–Crippen MR) is 124 cm³/mol. The van der Waals surface area contributed by atoms with E-state index >= 15 is 0 Å². The maximum absolute atomic E-state index is 12.7. The average Bonchev–Trinajstić information content (AvgIpc) is 3.30. The Hall–Kier alpha value is -2.61. The molecule has 2 aliphatic rings. The van der Waals surface area contributed by atoms with Gasteiger partial charge in [0.25, 0.3) is 5.91 Å². The molecule has 0 radical (unpaired) electrons. The maximum Gasteiger partial charge on any atom is 0.251 e. The predicted octanol–water partition coefficient (Wildman–Crippen LogP) is 2.67. The number of anilines is 1. The van der Waals surface area contributed by atoms with Crippen LogP contribution in [0.1, 0.15) is 16.8 Å². The third-order valence-corrected chi connectivity index (χ3v) is 6.67. The van der Waals surface area contributed by atoms with Gasteiger partial charge in [-0.3, -0.25) is 19.3 Å². The van der Waals surface area contributed by atoms with Crippen LogP contribution in [0.15, 0.2) is 48.5 Å². The van der Waals surface area contributed by atoms with Crippen LogP contribution in [-0.2, 0) is 9.59 Å². The summed E-state index contributed by atoms with van der Waals surface area (Å²) in [6.45, 7) is 2.82. The summed E-state index contributed by atoms with van der Waals surface area (Å²) in [5.74, 6) is -0.452. The summed E-state index contributed by atoms with van der Waals surface area (Å²) >= 11 is 11.8. The molecule has 32 heavy (non-hydrogen) atoms. The van der Waals surface area contributed by atoms with E-state index in [2.05, 4.69) is 10.2 Å². The van der Waals surface area contributed by atoms with Gasteiger partial charge in [0.05, 0.1) is 23.1 Å². The van der Waals surface area contributed by atoms with Gasteiger partial charge in [-0.1, -0.05) is 41.4 Å². The summed E-state index contributed by atoms with van der Waals surface area (Å²) in [4.78, 5) is 43.3. The third kappa shape index (κ3) is 5.06. The van der Waals surface area contributed by atoms with Gasteiger partial charge in [-0.2, -0.15) is 0 Å². The van der Waals surface area contributed by atoms with E-state index in [4.69, 9.17) is 23.2 Å². The summed E-state index contributed by atoms with van der Waals surface area (Å²) in [6, 6.07) is 14.4. The van der Waals surface area contributed by atoms with Crippen molar-refractivity contribution in [2.45, 2.75) is 12.5 Å². The summed E-state index contributed by atoms with van der Waals surface area (Å²) in [5, 5.41) is 3.29. The number of nitrogens with zero attached hydrogens (tertiary/aromatic N) is 3. The van der Waals surface area contributed by atoms with Gasteiger partial charge in [0.15, 0.2) is 0 Å². The lowest BCUT2D eigenvalue weighted by molar-refractivity contribution is -0.129. The zero-order valence-electron chi connectivity index (χ0n) is 17.5. The SMILES string of the molecule is O=C(NCC(=O)N1CCC(N2CCN(c3ccccc3)C(=O)C2)C1)c1ccc(Cl)c(Cl)c1. The summed E-state index contributed by atoms with van der Waals surface area (Å²) in [7, 11) is 0. The van der Waals surface area contributed by atoms with E-state index < -0.39 is 0 Å². The fourth-order valence-electron chi connectivity index (χ4n) is 4.16. The van der Waals surface area contributed by atoms with Crippen molar-refractivity contribution >= 4 is 46.6 Å². The van der Waals surface area contributed by atoms with E-state index in [0.717, 1.165) is 18.7 Å². The normalized spacial score (nSPS) is 19.3. The number of carbonyl (C=O) groups excluding carboxylic acids is 3. The molecule has 1 N–H and O–H groups in total. The van der Waals surface area contributed by atoms with Gasteiger partial charge in [0, 0.05) is 43.5 Å². The largest absolute Gasteiger partial charge is 0.343 e. The number of carbonyl (C=O) groups is 3. The average molecular weight is 475 g/mol. The Morgan fingerprint density at radius 3 is 2.50 bits per heavy atom. The highest BCUT2D eigenvalue weighted by molar-refractivity contribution is 6.42. The molecule has 2 aromatic rings. The number of halogens is 2. The molecular weight excluding hydrogens is 451 g/mol. The van der Waals surface area contributed by atoms with Crippen molar-refractivity contribution in [1.29, 1.82) is 0 Å². The Labute approximate surface area is 196 Å². The number of piperazine rings is 1. The van der Waals surface area contributed by atoms with Gasteiger partial charge >= 0.3 is 0 Å². The quantitative estimate of drug-likeness (QED) is 0.722. The minimum atomic E-state index is -0.379. The number of hydrogen-bond donors (Lipinski definition) is 1. The lowest BCUT2D eigenvalue weighted by atomic mass is 10.1. The molecule has 0 aromatic heterocycles. The molecule has 9 heteroatoms. The summed E-state index contributed by atoms with van der Waals surface area (Å²) in [6.07, 6.45) is 0.811. The molecule has 0 aliphatic carbocycles. The van der Waals surface area contributed by atoms with Crippen LogP contribution in [0, 0.1) is 0 Å². The van der Waals surface area contributed by atoms with Gasteiger partial charge in [-0.25, -0.2) is 0 Å². The van der Waals surface area contributed by atoms with Crippen molar-refractivity contribution in [3.8, 4) is 0 Å². The first kappa shape index (κ1) is 22.6. The minimum Gasteiger partial charge on any atom is -0.343 e. The first-order valence-electron chi connectivity index (χ1n) is 10.5. The minimum absolute atomic E-state index is 0.0705. The van der Waals surface area contributed by atoms with E-state index in [-0.39, 0.29) is 35.3 Å². The molecule has 3 amide bonds. The molecule has 0 spiro atoms. The molecule has 7 nitrogen and oxygen atoms in total. The number of amides is 3. The van der Waals surface area contributed by atoms with Crippen molar-refractivity contribution < 1.29 is 14.4 Å². The van der Waals surface area contributed by atoms with Crippen molar-refractivity contribution in [3.05, 3.63) is 64.1 Å². The first-order chi connectivity index (χ1) is 15.4. The Kier molecular flexibility index (Phi) is 6.98. The van der Waals surface area contributed by atoms with Crippen LogP contribution in [0.2, 0.25) is 10.0 Å². The Morgan fingerprint density at radius 2 is 1.78 bits per heavy atom. The zero-order chi connectivity index (χ0) is 22.7. The lowest BCUT2D eigenvalue weighted by Gasteiger charge is -2.37. The smallest absolute Gasteiger partial charge is 0.251 e. The van der Waals surface area contributed by atoms with E-state index in [0.29, 0.717) is 36.8 Å². The Bertz CT molecular complexity index is 1020. The molecule has 1 unspecified atom stereocenters. The van der Waals surface area contributed by atoms with Crippen LogP contribution in [0.4, 0.5) is 5.69 Å². The second-order valence-corrected chi connectivity index (χ2v) is 8.76. The number of likely N-dealkylation sites (tertiary alicyclic amines) is 1. The molecule has 2 saturated heterocycles. The Morgan fingerprint density at radius 1 is 1.00 bits per heavy atom.